The molecule has 6 nitrogen and oxygen atoms in total. The van der Waals surface area contributed by atoms with E-state index in [2.05, 4.69) is 24.4 Å². The number of halogens is 1. The van der Waals surface area contributed by atoms with Crippen LogP contribution < -0.4 is 20.6 Å². The number of rotatable bonds is 7. The van der Waals surface area contributed by atoms with Crippen LogP contribution in [-0.2, 0) is 6.61 Å². The molecule has 2 amide bonds. The standard InChI is InChI=1S/C20H24ClN3O3/c1-12(2)16-9-17(21)13(3)7-19(16)27-11-15-8-14(5-6-18(15)26-4)10-23-24-20(22)25/h5-10,12H,11H2,1-4H3,(H3,22,24,25). The maximum Gasteiger partial charge on any atom is 0.332 e. The van der Waals surface area contributed by atoms with E-state index in [1.54, 1.807) is 7.11 Å². The van der Waals surface area contributed by atoms with Crippen molar-refractivity contribution in [3.05, 3.63) is 57.6 Å². The quantitative estimate of drug-likeness (QED) is 0.544. The minimum Gasteiger partial charge on any atom is -0.496 e. The van der Waals surface area contributed by atoms with E-state index < -0.39 is 6.03 Å². The second-order valence-corrected chi connectivity index (χ2v) is 6.80. The Labute approximate surface area is 164 Å². The molecule has 0 aromatic heterocycles. The monoisotopic (exact) mass is 389 g/mol. The summed E-state index contributed by atoms with van der Waals surface area (Å²) in [6.45, 7) is 6.45. The number of hydrogen-bond donors (Lipinski definition) is 2. The van der Waals surface area contributed by atoms with E-state index in [0.717, 1.165) is 33.0 Å². The second kappa shape index (κ2) is 9.28. The van der Waals surface area contributed by atoms with Crippen LogP contribution in [0, 0.1) is 6.92 Å². The molecule has 3 N–H and O–H groups in total. The van der Waals surface area contributed by atoms with E-state index in [1.807, 2.05) is 37.3 Å². The lowest BCUT2D eigenvalue weighted by Crippen LogP contribution is -2.24. The number of carbonyl (C=O) groups is 1. The fourth-order valence-electron chi connectivity index (χ4n) is 2.56. The van der Waals surface area contributed by atoms with Crippen LogP contribution in [0.4, 0.5) is 4.79 Å². The van der Waals surface area contributed by atoms with Crippen LogP contribution in [0.1, 0.15) is 42.0 Å². The van der Waals surface area contributed by atoms with Gasteiger partial charge in [0, 0.05) is 10.6 Å². The largest absolute Gasteiger partial charge is 0.496 e. The van der Waals surface area contributed by atoms with Crippen molar-refractivity contribution in [3.63, 3.8) is 0 Å². The Morgan fingerprint density at radius 3 is 2.67 bits per heavy atom. The van der Waals surface area contributed by atoms with Crippen molar-refractivity contribution < 1.29 is 14.3 Å². The van der Waals surface area contributed by atoms with Gasteiger partial charge in [-0.15, -0.1) is 0 Å². The van der Waals surface area contributed by atoms with Crippen LogP contribution in [-0.4, -0.2) is 19.4 Å². The predicted octanol–water partition coefficient (Wildman–Crippen LogP) is 4.36. The molecule has 144 valence electrons. The first-order valence-electron chi connectivity index (χ1n) is 8.50. The van der Waals surface area contributed by atoms with Gasteiger partial charge in [0.2, 0.25) is 0 Å². The highest BCUT2D eigenvalue weighted by atomic mass is 35.5. The normalized spacial score (nSPS) is 11.0. The minimum absolute atomic E-state index is 0.276. The number of ether oxygens (including phenoxy) is 2. The van der Waals surface area contributed by atoms with Gasteiger partial charge in [0.05, 0.1) is 13.3 Å². The Morgan fingerprint density at radius 2 is 2.04 bits per heavy atom. The van der Waals surface area contributed by atoms with Crippen molar-refractivity contribution in [2.75, 3.05) is 7.11 Å². The fraction of sp³-hybridized carbons (Fsp3) is 0.300. The smallest absolute Gasteiger partial charge is 0.332 e. The first kappa shape index (κ1) is 20.6. The van der Waals surface area contributed by atoms with Crippen molar-refractivity contribution in [3.8, 4) is 11.5 Å². The number of hydrazone groups is 1. The molecule has 0 spiro atoms. The zero-order valence-electron chi connectivity index (χ0n) is 15.9. The molecule has 0 radical (unpaired) electrons. The Hall–Kier alpha value is -2.73. The van der Waals surface area contributed by atoms with Crippen molar-refractivity contribution in [1.29, 1.82) is 0 Å². The van der Waals surface area contributed by atoms with E-state index in [1.165, 1.54) is 6.21 Å². The number of nitrogens with one attached hydrogen (secondary N) is 1. The molecule has 0 unspecified atom stereocenters. The summed E-state index contributed by atoms with van der Waals surface area (Å²) >= 11 is 6.26. The zero-order valence-corrected chi connectivity index (χ0v) is 16.6. The van der Waals surface area contributed by atoms with Crippen molar-refractivity contribution >= 4 is 23.8 Å². The van der Waals surface area contributed by atoms with Crippen molar-refractivity contribution in [2.45, 2.75) is 33.3 Å². The number of benzene rings is 2. The number of carbonyl (C=O) groups excluding carboxylic acids is 1. The van der Waals surface area contributed by atoms with E-state index >= 15 is 0 Å². The highest BCUT2D eigenvalue weighted by molar-refractivity contribution is 6.31. The molecule has 0 saturated heterocycles. The highest BCUT2D eigenvalue weighted by Gasteiger charge is 2.13. The number of amides is 2. The van der Waals surface area contributed by atoms with Crippen molar-refractivity contribution in [2.24, 2.45) is 10.8 Å². The van der Waals surface area contributed by atoms with Gasteiger partial charge < -0.3 is 15.2 Å². The number of aryl methyl sites for hydroxylation is 1. The minimum atomic E-state index is -0.720. The van der Waals surface area contributed by atoms with Crippen LogP contribution in [0.3, 0.4) is 0 Å². The molecule has 2 rings (SSSR count). The summed E-state index contributed by atoms with van der Waals surface area (Å²) < 4.78 is 11.5. The van der Waals surface area contributed by atoms with Gasteiger partial charge in [-0.25, -0.2) is 10.2 Å². The molecule has 2 aromatic rings. The number of urea groups is 1. The van der Waals surface area contributed by atoms with Gasteiger partial charge in [-0.2, -0.15) is 5.10 Å². The summed E-state index contributed by atoms with van der Waals surface area (Å²) in [6, 6.07) is 8.70. The molecule has 0 bridgehead atoms. The van der Waals surface area contributed by atoms with Crippen molar-refractivity contribution in [1.82, 2.24) is 5.43 Å². The number of primary amides is 1. The van der Waals surface area contributed by atoms with Crippen LogP contribution >= 0.6 is 11.6 Å². The lowest BCUT2D eigenvalue weighted by Gasteiger charge is -2.17. The third-order valence-corrected chi connectivity index (χ3v) is 4.40. The fourth-order valence-corrected chi connectivity index (χ4v) is 2.74. The van der Waals surface area contributed by atoms with Gasteiger partial charge in [0.25, 0.3) is 0 Å². The third-order valence-electron chi connectivity index (χ3n) is 3.99. The second-order valence-electron chi connectivity index (χ2n) is 6.39. The van der Waals surface area contributed by atoms with Gasteiger partial charge in [-0.3, -0.25) is 0 Å². The maximum atomic E-state index is 10.7. The molecule has 0 fully saturated rings. The third kappa shape index (κ3) is 5.62. The van der Waals surface area contributed by atoms with Crippen LogP contribution in [0.2, 0.25) is 5.02 Å². The molecular formula is C20H24ClN3O3. The molecule has 0 saturated carbocycles. The molecule has 0 atom stereocenters. The summed E-state index contributed by atoms with van der Waals surface area (Å²) in [5.74, 6) is 1.77. The number of methoxy groups -OCH3 is 1. The Morgan fingerprint density at radius 1 is 1.30 bits per heavy atom. The first-order chi connectivity index (χ1) is 12.8. The lowest BCUT2D eigenvalue weighted by molar-refractivity contribution is 0.249. The first-order valence-corrected chi connectivity index (χ1v) is 8.88. The van der Waals surface area contributed by atoms with E-state index in [9.17, 15) is 4.79 Å². The SMILES string of the molecule is COc1ccc(C=NNC(N)=O)cc1COc1cc(C)c(Cl)cc1C(C)C. The Bertz CT molecular complexity index is 851. The summed E-state index contributed by atoms with van der Waals surface area (Å²) in [5, 5.41) is 4.49. The summed E-state index contributed by atoms with van der Waals surface area (Å²) in [4.78, 5) is 10.7. The van der Waals surface area contributed by atoms with E-state index in [-0.39, 0.29) is 5.92 Å². The summed E-state index contributed by atoms with van der Waals surface area (Å²) in [5.41, 5.74) is 10.8. The molecule has 0 aliphatic rings. The Balaban J connectivity index is 2.25. The molecule has 0 heterocycles. The van der Waals surface area contributed by atoms with Gasteiger partial charge >= 0.3 is 6.03 Å². The summed E-state index contributed by atoms with van der Waals surface area (Å²) in [7, 11) is 1.60. The van der Waals surface area contributed by atoms with Gasteiger partial charge in [0.15, 0.2) is 0 Å². The van der Waals surface area contributed by atoms with E-state index in [4.69, 9.17) is 26.8 Å². The molecule has 27 heavy (non-hydrogen) atoms. The van der Waals surface area contributed by atoms with Gasteiger partial charge in [-0.1, -0.05) is 25.4 Å². The molecule has 7 heteroatoms. The van der Waals surface area contributed by atoms with E-state index in [0.29, 0.717) is 12.4 Å². The topological polar surface area (TPSA) is 85.9 Å². The average Bonchev–Trinajstić information content (AvgIpc) is 2.62. The molecule has 0 aliphatic carbocycles. The highest BCUT2D eigenvalue weighted by Crippen LogP contribution is 2.33. The van der Waals surface area contributed by atoms with Crippen LogP contribution in [0.15, 0.2) is 35.4 Å². The molecule has 0 aliphatic heterocycles. The van der Waals surface area contributed by atoms with Crippen LogP contribution in [0.25, 0.3) is 0 Å². The predicted molar refractivity (Wildman–Crippen MR) is 108 cm³/mol. The maximum absolute atomic E-state index is 10.7. The molecule has 2 aromatic carbocycles. The number of nitrogens with zero attached hydrogens (tertiary/aromatic N) is 1. The zero-order chi connectivity index (χ0) is 20.0. The average molecular weight is 390 g/mol. The van der Waals surface area contributed by atoms with Gasteiger partial charge in [-0.05, 0) is 59.9 Å². The number of nitrogens with two attached hydrogens (primary N) is 1. The lowest BCUT2D eigenvalue weighted by atomic mass is 10.0. The summed E-state index contributed by atoms with van der Waals surface area (Å²) in [6.07, 6.45) is 1.50. The Kier molecular flexibility index (Phi) is 7.07. The number of hydrogen-bond acceptors (Lipinski definition) is 4. The van der Waals surface area contributed by atoms with Gasteiger partial charge in [0.1, 0.15) is 18.1 Å². The molecular weight excluding hydrogens is 366 g/mol. The van der Waals surface area contributed by atoms with Crippen LogP contribution in [0.5, 0.6) is 11.5 Å².